The number of rotatable bonds is 8. The van der Waals surface area contributed by atoms with E-state index in [1.54, 1.807) is 0 Å². The Morgan fingerprint density at radius 2 is 1.54 bits per heavy atom. The fourth-order valence-corrected chi connectivity index (χ4v) is 7.36. The van der Waals surface area contributed by atoms with Crippen LogP contribution in [0.2, 0.25) is 0 Å². The molecule has 0 nitrogen and oxygen atoms in total. The van der Waals surface area contributed by atoms with Gasteiger partial charge in [0.2, 0.25) is 0 Å². The van der Waals surface area contributed by atoms with Crippen molar-refractivity contribution in [3.63, 3.8) is 0 Å². The molecule has 0 bridgehead atoms. The molecule has 0 aliphatic heterocycles. The summed E-state index contributed by atoms with van der Waals surface area (Å²) in [4.78, 5) is 0. The second-order valence-electron chi connectivity index (χ2n) is 12.5. The molecule has 3 atom stereocenters. The van der Waals surface area contributed by atoms with Crippen LogP contribution >= 0.6 is 0 Å². The highest BCUT2D eigenvalue weighted by Crippen LogP contribution is 2.55. The quantitative estimate of drug-likeness (QED) is 0.313. The lowest BCUT2D eigenvalue weighted by atomic mass is 9.69. The van der Waals surface area contributed by atoms with E-state index in [4.69, 9.17) is 6.58 Å². The van der Waals surface area contributed by atoms with Gasteiger partial charge in [-0.25, -0.2) is 0 Å². The molecule has 5 rings (SSSR count). The predicted molar refractivity (Wildman–Crippen MR) is 179 cm³/mol. The minimum Gasteiger partial charge on any atom is -0.0955 e. The van der Waals surface area contributed by atoms with Crippen molar-refractivity contribution in [3.8, 4) is 0 Å². The van der Waals surface area contributed by atoms with Gasteiger partial charge in [0.25, 0.3) is 0 Å². The largest absolute Gasteiger partial charge is 0.0955 e. The molecule has 2 aromatic carbocycles. The van der Waals surface area contributed by atoms with E-state index >= 15 is 0 Å². The normalized spacial score (nSPS) is 23.2. The van der Waals surface area contributed by atoms with E-state index in [0.29, 0.717) is 11.8 Å². The Morgan fingerprint density at radius 1 is 0.878 bits per heavy atom. The molecule has 3 aliphatic rings. The van der Waals surface area contributed by atoms with E-state index in [1.807, 2.05) is 0 Å². The lowest BCUT2D eigenvalue weighted by Crippen LogP contribution is -2.21. The van der Waals surface area contributed by atoms with E-state index in [0.717, 1.165) is 31.3 Å². The zero-order valence-corrected chi connectivity index (χ0v) is 26.0. The summed E-state index contributed by atoms with van der Waals surface area (Å²) >= 11 is 0. The lowest BCUT2D eigenvalue weighted by Gasteiger charge is -2.34. The first-order valence-corrected chi connectivity index (χ1v) is 15.4. The van der Waals surface area contributed by atoms with Gasteiger partial charge in [-0.15, -0.1) is 0 Å². The van der Waals surface area contributed by atoms with E-state index in [9.17, 15) is 0 Å². The number of benzene rings is 2. The molecule has 3 unspecified atom stereocenters. The molecule has 0 heteroatoms. The Labute approximate surface area is 249 Å². The van der Waals surface area contributed by atoms with E-state index in [1.165, 1.54) is 72.4 Å². The Bertz CT molecular complexity index is 1550. The van der Waals surface area contributed by atoms with Gasteiger partial charge in [-0.2, -0.15) is 0 Å². The molecule has 0 amide bonds. The Kier molecular flexibility index (Phi) is 8.23. The summed E-state index contributed by atoms with van der Waals surface area (Å²) in [5.41, 5.74) is 18.8. The number of allylic oxidation sites excluding steroid dienone is 13. The van der Waals surface area contributed by atoms with Crippen molar-refractivity contribution in [2.45, 2.75) is 79.1 Å². The molecule has 41 heavy (non-hydrogen) atoms. The molecular weight excluding hydrogens is 492 g/mol. The minimum atomic E-state index is 0.272. The van der Waals surface area contributed by atoms with Crippen LogP contribution in [0, 0.1) is 5.92 Å². The Morgan fingerprint density at radius 3 is 2.15 bits per heavy atom. The summed E-state index contributed by atoms with van der Waals surface area (Å²) in [6.45, 7) is 26.9. The van der Waals surface area contributed by atoms with Crippen LogP contribution in [0.3, 0.4) is 0 Å². The summed E-state index contributed by atoms with van der Waals surface area (Å²) in [5.74, 6) is 0.891. The smallest absolute Gasteiger partial charge is 0.0264 e. The zero-order valence-electron chi connectivity index (χ0n) is 26.0. The third-order valence-electron chi connectivity index (χ3n) is 9.53. The topological polar surface area (TPSA) is 0 Å². The van der Waals surface area contributed by atoms with Crippen LogP contribution in [0.15, 0.2) is 137 Å². The third-order valence-corrected chi connectivity index (χ3v) is 9.53. The van der Waals surface area contributed by atoms with Crippen molar-refractivity contribution >= 4 is 5.57 Å². The minimum absolute atomic E-state index is 0.272. The maximum Gasteiger partial charge on any atom is 0.0264 e. The molecule has 1 fully saturated rings. The number of fused-ring (bicyclic) bond motifs is 1. The van der Waals surface area contributed by atoms with Crippen molar-refractivity contribution in [2.24, 2.45) is 5.92 Å². The van der Waals surface area contributed by atoms with Crippen LogP contribution in [0.4, 0.5) is 0 Å². The highest BCUT2D eigenvalue weighted by molar-refractivity contribution is 5.65. The first-order valence-electron chi connectivity index (χ1n) is 15.4. The number of hydrogen-bond donors (Lipinski definition) is 0. The van der Waals surface area contributed by atoms with E-state index in [2.05, 4.69) is 121 Å². The molecule has 2 aromatic rings. The van der Waals surface area contributed by atoms with Gasteiger partial charge in [0.1, 0.15) is 0 Å². The van der Waals surface area contributed by atoms with Gasteiger partial charge in [0.15, 0.2) is 0 Å². The van der Waals surface area contributed by atoms with Gasteiger partial charge in [0.05, 0.1) is 0 Å². The maximum atomic E-state index is 4.77. The van der Waals surface area contributed by atoms with Gasteiger partial charge in [-0.3, -0.25) is 0 Å². The van der Waals surface area contributed by atoms with E-state index in [-0.39, 0.29) is 5.92 Å². The second kappa shape index (κ2) is 11.7. The summed E-state index contributed by atoms with van der Waals surface area (Å²) in [6.07, 6.45) is 11.5. The number of hydrogen-bond acceptors (Lipinski definition) is 0. The highest BCUT2D eigenvalue weighted by atomic mass is 14.4. The zero-order chi connectivity index (χ0) is 29.4. The fraction of sp³-hybridized carbons (Fsp3) is 0.317. The van der Waals surface area contributed by atoms with Crippen LogP contribution < -0.4 is 0 Å². The summed E-state index contributed by atoms with van der Waals surface area (Å²) in [6, 6.07) is 18.3. The summed E-state index contributed by atoms with van der Waals surface area (Å²) in [7, 11) is 0. The molecular formula is C41H46. The van der Waals surface area contributed by atoms with Crippen molar-refractivity contribution in [1.82, 2.24) is 0 Å². The van der Waals surface area contributed by atoms with Crippen molar-refractivity contribution in [2.75, 3.05) is 0 Å². The molecule has 0 spiro atoms. The van der Waals surface area contributed by atoms with Crippen molar-refractivity contribution in [3.05, 3.63) is 159 Å². The SMILES string of the molecule is C=C(CCC)C1=C(C)C=C2CC(=CC3=C(C)C(c4ccc(C(=C)C)cc4)C(C)=C3)C(=C)C2C1c1ccc(CC)cc1. The maximum absolute atomic E-state index is 4.77. The molecule has 0 N–H and O–H groups in total. The van der Waals surface area contributed by atoms with Crippen LogP contribution in [-0.2, 0) is 6.42 Å². The molecule has 0 radical (unpaired) electrons. The summed E-state index contributed by atoms with van der Waals surface area (Å²) < 4.78 is 0. The van der Waals surface area contributed by atoms with Gasteiger partial charge in [0, 0.05) is 17.8 Å². The third kappa shape index (κ3) is 5.38. The van der Waals surface area contributed by atoms with Gasteiger partial charge >= 0.3 is 0 Å². The van der Waals surface area contributed by atoms with Crippen molar-refractivity contribution in [1.29, 1.82) is 0 Å². The molecule has 3 aliphatic carbocycles. The highest BCUT2D eigenvalue weighted by Gasteiger charge is 2.41. The van der Waals surface area contributed by atoms with Gasteiger partial charge in [-0.1, -0.05) is 135 Å². The average Bonchev–Trinajstić information content (AvgIpc) is 3.41. The molecule has 0 saturated heterocycles. The van der Waals surface area contributed by atoms with Crippen LogP contribution in [-0.4, -0.2) is 0 Å². The average molecular weight is 539 g/mol. The molecule has 210 valence electrons. The van der Waals surface area contributed by atoms with Crippen LogP contribution in [0.1, 0.15) is 94.9 Å². The lowest BCUT2D eigenvalue weighted by molar-refractivity contribution is 0.619. The van der Waals surface area contributed by atoms with Crippen LogP contribution in [0.25, 0.3) is 5.57 Å². The number of aryl methyl sites for hydroxylation is 1. The van der Waals surface area contributed by atoms with E-state index < -0.39 is 0 Å². The predicted octanol–water partition coefficient (Wildman–Crippen LogP) is 11.5. The molecule has 0 heterocycles. The first kappa shape index (κ1) is 28.9. The molecule has 1 saturated carbocycles. The molecule has 0 aromatic heterocycles. The van der Waals surface area contributed by atoms with Gasteiger partial charge in [-0.05, 0) is 97.1 Å². The fourth-order valence-electron chi connectivity index (χ4n) is 7.36. The first-order chi connectivity index (χ1) is 19.6. The van der Waals surface area contributed by atoms with Crippen molar-refractivity contribution < 1.29 is 0 Å². The Hall–Kier alpha value is -3.64. The second-order valence-corrected chi connectivity index (χ2v) is 12.5. The van der Waals surface area contributed by atoms with Gasteiger partial charge < -0.3 is 0 Å². The Balaban J connectivity index is 1.52. The monoisotopic (exact) mass is 538 g/mol. The van der Waals surface area contributed by atoms with Crippen LogP contribution in [0.5, 0.6) is 0 Å². The standard InChI is InChI=1S/C41H46/c1-10-12-26(5)38-27(6)22-37-24-36(30(9)40(37)41(38)34-15-13-31(11-2)14-16-34)23-35-21-28(7)39(29(35)8)33-19-17-32(18-20-33)25(3)4/h13-23,39-41H,3,5,9-12,24H2,1-2,4,6-8H3. The summed E-state index contributed by atoms with van der Waals surface area (Å²) in [5, 5.41) is 0.